The first-order chi connectivity index (χ1) is 8.19. The Labute approximate surface area is 112 Å². The van der Waals surface area contributed by atoms with Crippen LogP contribution in [-0.2, 0) is 6.54 Å². The molecule has 17 heavy (non-hydrogen) atoms. The van der Waals surface area contributed by atoms with Crippen molar-refractivity contribution in [2.45, 2.75) is 32.4 Å². The van der Waals surface area contributed by atoms with Crippen LogP contribution in [0, 0.1) is 5.92 Å². The molecule has 0 saturated carbocycles. The van der Waals surface area contributed by atoms with Gasteiger partial charge in [0.05, 0.1) is 0 Å². The molecular weight excluding hydrogens is 276 g/mol. The molecule has 94 valence electrons. The van der Waals surface area contributed by atoms with Gasteiger partial charge in [0.2, 0.25) is 0 Å². The lowest BCUT2D eigenvalue weighted by atomic mass is 9.93. The average molecular weight is 297 g/mol. The van der Waals surface area contributed by atoms with Crippen LogP contribution in [0.1, 0.15) is 25.3 Å². The van der Waals surface area contributed by atoms with Gasteiger partial charge >= 0.3 is 0 Å². The SMILES string of the molecule is CC1CCC(CN)CN1Cc1ccc(Br)cc1. The Hall–Kier alpha value is -0.380. The van der Waals surface area contributed by atoms with Crippen LogP contribution in [0.15, 0.2) is 28.7 Å². The van der Waals surface area contributed by atoms with E-state index < -0.39 is 0 Å². The second-order valence-corrected chi connectivity index (χ2v) is 6.00. The summed E-state index contributed by atoms with van der Waals surface area (Å²) >= 11 is 3.47. The number of likely N-dealkylation sites (tertiary alicyclic amines) is 1. The van der Waals surface area contributed by atoms with Crippen LogP contribution < -0.4 is 5.73 Å². The highest BCUT2D eigenvalue weighted by Crippen LogP contribution is 2.23. The number of benzene rings is 1. The fourth-order valence-corrected chi connectivity index (χ4v) is 2.76. The first-order valence-corrected chi connectivity index (χ1v) is 7.17. The van der Waals surface area contributed by atoms with Gasteiger partial charge in [-0.1, -0.05) is 28.1 Å². The third-order valence-corrected chi connectivity index (χ3v) is 4.27. The summed E-state index contributed by atoms with van der Waals surface area (Å²) in [4.78, 5) is 2.56. The third-order valence-electron chi connectivity index (χ3n) is 3.74. The number of rotatable bonds is 3. The van der Waals surface area contributed by atoms with Crippen molar-refractivity contribution in [2.24, 2.45) is 11.7 Å². The van der Waals surface area contributed by atoms with Crippen molar-refractivity contribution < 1.29 is 0 Å². The number of halogens is 1. The fraction of sp³-hybridized carbons (Fsp3) is 0.571. The van der Waals surface area contributed by atoms with Crippen molar-refractivity contribution in [3.8, 4) is 0 Å². The normalized spacial score (nSPS) is 26.1. The number of hydrogen-bond donors (Lipinski definition) is 1. The molecule has 2 rings (SSSR count). The summed E-state index contributed by atoms with van der Waals surface area (Å²) in [7, 11) is 0. The largest absolute Gasteiger partial charge is 0.330 e. The van der Waals surface area contributed by atoms with E-state index in [9.17, 15) is 0 Å². The monoisotopic (exact) mass is 296 g/mol. The summed E-state index contributed by atoms with van der Waals surface area (Å²) in [6.07, 6.45) is 2.56. The maximum absolute atomic E-state index is 5.79. The summed E-state index contributed by atoms with van der Waals surface area (Å²) in [5, 5.41) is 0. The molecule has 1 aliphatic rings. The molecule has 1 aromatic rings. The topological polar surface area (TPSA) is 29.3 Å². The molecule has 0 amide bonds. The zero-order valence-corrected chi connectivity index (χ0v) is 12.0. The van der Waals surface area contributed by atoms with E-state index in [1.807, 2.05) is 0 Å². The van der Waals surface area contributed by atoms with Crippen molar-refractivity contribution >= 4 is 15.9 Å². The lowest BCUT2D eigenvalue weighted by Crippen LogP contribution is -2.43. The van der Waals surface area contributed by atoms with Crippen LogP contribution in [0.5, 0.6) is 0 Å². The molecule has 0 aliphatic carbocycles. The summed E-state index contributed by atoms with van der Waals surface area (Å²) in [6.45, 7) is 5.34. The van der Waals surface area contributed by atoms with Crippen molar-refractivity contribution in [1.29, 1.82) is 0 Å². The Morgan fingerprint density at radius 1 is 1.29 bits per heavy atom. The van der Waals surface area contributed by atoms with Gasteiger partial charge in [-0.05, 0) is 49.9 Å². The summed E-state index contributed by atoms with van der Waals surface area (Å²) < 4.78 is 1.15. The molecule has 0 aromatic heterocycles. The van der Waals surface area contributed by atoms with E-state index in [1.54, 1.807) is 0 Å². The smallest absolute Gasteiger partial charge is 0.0236 e. The molecule has 2 atom stereocenters. The predicted molar refractivity (Wildman–Crippen MR) is 75.8 cm³/mol. The van der Waals surface area contributed by atoms with Gasteiger partial charge < -0.3 is 5.73 Å². The number of hydrogen-bond acceptors (Lipinski definition) is 2. The van der Waals surface area contributed by atoms with E-state index >= 15 is 0 Å². The van der Waals surface area contributed by atoms with Crippen LogP contribution in [0.2, 0.25) is 0 Å². The first-order valence-electron chi connectivity index (χ1n) is 6.37. The Morgan fingerprint density at radius 2 is 2.00 bits per heavy atom. The van der Waals surface area contributed by atoms with E-state index in [0.29, 0.717) is 12.0 Å². The third kappa shape index (κ3) is 3.54. The molecular formula is C14H21BrN2. The van der Waals surface area contributed by atoms with Crippen molar-refractivity contribution in [3.05, 3.63) is 34.3 Å². The van der Waals surface area contributed by atoms with Gasteiger partial charge in [-0.25, -0.2) is 0 Å². The minimum atomic E-state index is 0.682. The Bertz CT molecular complexity index is 350. The highest BCUT2D eigenvalue weighted by Gasteiger charge is 2.24. The first kappa shape index (κ1) is 13.1. The molecule has 2 nitrogen and oxygen atoms in total. The number of nitrogens with zero attached hydrogens (tertiary/aromatic N) is 1. The second kappa shape index (κ2) is 5.98. The van der Waals surface area contributed by atoms with Gasteiger partial charge in [-0.3, -0.25) is 4.90 Å². The maximum atomic E-state index is 5.79. The van der Waals surface area contributed by atoms with E-state index in [4.69, 9.17) is 5.73 Å². The Morgan fingerprint density at radius 3 is 2.65 bits per heavy atom. The molecule has 0 spiro atoms. The van der Waals surface area contributed by atoms with E-state index in [0.717, 1.165) is 24.1 Å². The van der Waals surface area contributed by atoms with Gasteiger partial charge in [0.25, 0.3) is 0 Å². The van der Waals surface area contributed by atoms with Gasteiger partial charge in [0.1, 0.15) is 0 Å². The van der Waals surface area contributed by atoms with Crippen LogP contribution >= 0.6 is 15.9 Å². The summed E-state index contributed by atoms with van der Waals surface area (Å²) in [5.74, 6) is 0.682. The van der Waals surface area contributed by atoms with Crippen molar-refractivity contribution in [2.75, 3.05) is 13.1 Å². The molecule has 2 N–H and O–H groups in total. The van der Waals surface area contributed by atoms with Gasteiger partial charge in [-0.2, -0.15) is 0 Å². The molecule has 1 aliphatic heterocycles. The maximum Gasteiger partial charge on any atom is 0.0236 e. The number of piperidine rings is 1. The second-order valence-electron chi connectivity index (χ2n) is 5.08. The van der Waals surface area contributed by atoms with Crippen LogP contribution in [-0.4, -0.2) is 24.0 Å². The van der Waals surface area contributed by atoms with Crippen molar-refractivity contribution in [3.63, 3.8) is 0 Å². The molecule has 3 heteroatoms. The van der Waals surface area contributed by atoms with Crippen LogP contribution in [0.4, 0.5) is 0 Å². The van der Waals surface area contributed by atoms with Gasteiger partial charge in [-0.15, -0.1) is 0 Å². The predicted octanol–water partition coefficient (Wildman–Crippen LogP) is 3.01. The Kier molecular flexibility index (Phi) is 4.60. The highest BCUT2D eigenvalue weighted by atomic mass is 79.9. The molecule has 1 heterocycles. The van der Waals surface area contributed by atoms with Gasteiger partial charge in [0.15, 0.2) is 0 Å². The van der Waals surface area contributed by atoms with Crippen LogP contribution in [0.3, 0.4) is 0 Å². The molecule has 2 unspecified atom stereocenters. The van der Waals surface area contributed by atoms with Crippen molar-refractivity contribution in [1.82, 2.24) is 4.90 Å². The summed E-state index contributed by atoms with van der Waals surface area (Å²) in [6, 6.07) is 9.31. The summed E-state index contributed by atoms with van der Waals surface area (Å²) in [5.41, 5.74) is 7.18. The molecule has 1 saturated heterocycles. The zero-order valence-electron chi connectivity index (χ0n) is 10.4. The molecule has 1 aromatic carbocycles. The molecule has 0 radical (unpaired) electrons. The van der Waals surface area contributed by atoms with Crippen LogP contribution in [0.25, 0.3) is 0 Å². The lowest BCUT2D eigenvalue weighted by molar-refractivity contribution is 0.113. The molecule has 1 fully saturated rings. The highest BCUT2D eigenvalue weighted by molar-refractivity contribution is 9.10. The van der Waals surface area contributed by atoms with E-state index in [2.05, 4.69) is 52.0 Å². The minimum Gasteiger partial charge on any atom is -0.330 e. The average Bonchev–Trinajstić information content (AvgIpc) is 2.35. The number of nitrogens with two attached hydrogens (primary N) is 1. The molecule has 0 bridgehead atoms. The minimum absolute atomic E-state index is 0.682. The lowest BCUT2D eigenvalue weighted by Gasteiger charge is -2.37. The van der Waals surface area contributed by atoms with Gasteiger partial charge in [0, 0.05) is 23.6 Å². The van der Waals surface area contributed by atoms with E-state index in [-0.39, 0.29) is 0 Å². The quantitative estimate of drug-likeness (QED) is 0.929. The standard InChI is InChI=1S/C14H21BrN2/c1-11-2-3-13(8-16)10-17(11)9-12-4-6-14(15)7-5-12/h4-7,11,13H,2-3,8-10,16H2,1H3. The fourth-order valence-electron chi connectivity index (χ4n) is 2.50. The Balaban J connectivity index is 1.98. The van der Waals surface area contributed by atoms with E-state index in [1.165, 1.54) is 18.4 Å². The zero-order chi connectivity index (χ0) is 12.3.